The number of aryl methyl sites for hydroxylation is 1. The summed E-state index contributed by atoms with van der Waals surface area (Å²) in [6.45, 7) is 4.27. The largest absolute Gasteiger partial charge is 0.264 e. The molecule has 0 bridgehead atoms. The van der Waals surface area contributed by atoms with Crippen LogP contribution in [0.3, 0.4) is 0 Å². The maximum Gasteiger partial charge on any atom is 0.0786 e. The van der Waals surface area contributed by atoms with Gasteiger partial charge >= 0.3 is 0 Å². The van der Waals surface area contributed by atoms with Crippen molar-refractivity contribution in [1.82, 2.24) is 15.0 Å². The van der Waals surface area contributed by atoms with Crippen molar-refractivity contribution in [3.8, 4) is 55.6 Å². The summed E-state index contributed by atoms with van der Waals surface area (Å²) < 4.78 is 0. The van der Waals surface area contributed by atoms with E-state index in [-0.39, 0.29) is 0 Å². The lowest BCUT2D eigenvalue weighted by Crippen LogP contribution is -2.00. The van der Waals surface area contributed by atoms with Crippen LogP contribution in [0.2, 0.25) is 0 Å². The third-order valence-corrected chi connectivity index (χ3v) is 12.1. The van der Waals surface area contributed by atoms with E-state index in [1.807, 2.05) is 49.2 Å². The molecule has 0 saturated carbocycles. The standard InChI is InChI=1S/C58H40N4/c1-37-14-3-10-24-55(37)62-38(2)56-49-19-6-8-21-51(49)57(52-22-9-7-20-50(52)56)47-32-45(31-46(33-47)54-34-39-15-4-5-18-48(39)58-53(54)23-13-27-61-58)44-29-42(40-16-11-25-59-35-40)28-43(30-44)41-17-12-26-60-36-41/h3-36H,1-2H3/b62-38+. The van der Waals surface area contributed by atoms with Crippen molar-refractivity contribution >= 4 is 54.6 Å². The molecule has 4 nitrogen and oxygen atoms in total. The number of para-hydroxylation sites is 1. The number of benzene rings is 8. The second kappa shape index (κ2) is 15.5. The Labute approximate surface area is 360 Å². The van der Waals surface area contributed by atoms with Crippen LogP contribution in [0.4, 0.5) is 5.69 Å². The molecule has 3 heterocycles. The minimum Gasteiger partial charge on any atom is -0.264 e. The van der Waals surface area contributed by atoms with Gasteiger partial charge in [-0.1, -0.05) is 109 Å². The van der Waals surface area contributed by atoms with E-state index >= 15 is 0 Å². The van der Waals surface area contributed by atoms with E-state index in [2.05, 4.69) is 182 Å². The van der Waals surface area contributed by atoms with Crippen LogP contribution in [-0.2, 0) is 0 Å². The molecule has 0 saturated heterocycles. The highest BCUT2D eigenvalue weighted by molar-refractivity contribution is 6.26. The predicted molar refractivity (Wildman–Crippen MR) is 260 cm³/mol. The first-order valence-electron chi connectivity index (χ1n) is 21.0. The number of nitrogens with zero attached hydrogens (tertiary/aromatic N) is 4. The summed E-state index contributed by atoms with van der Waals surface area (Å²) in [5.74, 6) is 0. The molecule has 62 heavy (non-hydrogen) atoms. The molecule has 3 aromatic heterocycles. The lowest BCUT2D eigenvalue weighted by Gasteiger charge is -2.20. The third kappa shape index (κ3) is 6.59. The van der Waals surface area contributed by atoms with Gasteiger partial charge in [0.25, 0.3) is 0 Å². The van der Waals surface area contributed by atoms with Gasteiger partial charge in [-0.3, -0.25) is 19.9 Å². The second-order valence-corrected chi connectivity index (χ2v) is 16.0. The van der Waals surface area contributed by atoms with Crippen LogP contribution in [0.15, 0.2) is 212 Å². The number of fused-ring (bicyclic) bond motifs is 5. The topological polar surface area (TPSA) is 51.0 Å². The highest BCUT2D eigenvalue weighted by Gasteiger charge is 2.20. The van der Waals surface area contributed by atoms with E-state index in [1.165, 1.54) is 27.1 Å². The minimum atomic E-state index is 0.982. The Bertz CT molecular complexity index is 3420. The maximum absolute atomic E-state index is 5.26. The molecule has 0 fully saturated rings. The number of pyridine rings is 3. The van der Waals surface area contributed by atoms with Crippen molar-refractivity contribution in [1.29, 1.82) is 0 Å². The molecule has 292 valence electrons. The molecule has 0 aliphatic rings. The number of rotatable bonds is 7. The van der Waals surface area contributed by atoms with Crippen LogP contribution in [0.5, 0.6) is 0 Å². The summed E-state index contributed by atoms with van der Waals surface area (Å²) in [5.41, 5.74) is 16.3. The molecule has 11 rings (SSSR count). The summed E-state index contributed by atoms with van der Waals surface area (Å²) in [7, 11) is 0. The Morgan fingerprint density at radius 1 is 0.419 bits per heavy atom. The van der Waals surface area contributed by atoms with E-state index in [0.717, 1.165) is 94.3 Å². The van der Waals surface area contributed by atoms with E-state index in [1.54, 1.807) is 0 Å². The van der Waals surface area contributed by atoms with Gasteiger partial charge < -0.3 is 0 Å². The SMILES string of the molecule is C/C(=N\c1ccccc1C)c1c2ccccc2c(-c2cc(-c3cc(-c4cccnc4)cc(-c4cccnc4)c3)cc(-c3cc4ccccc4c4ncccc34)c2)c2ccccc12. The first-order valence-corrected chi connectivity index (χ1v) is 21.0. The van der Waals surface area contributed by atoms with Gasteiger partial charge in [-0.15, -0.1) is 0 Å². The van der Waals surface area contributed by atoms with Crippen molar-refractivity contribution in [2.45, 2.75) is 13.8 Å². The molecule has 8 aromatic carbocycles. The van der Waals surface area contributed by atoms with E-state index in [0.29, 0.717) is 0 Å². The Morgan fingerprint density at radius 3 is 1.55 bits per heavy atom. The van der Waals surface area contributed by atoms with Crippen LogP contribution < -0.4 is 0 Å². The Morgan fingerprint density at radius 2 is 0.919 bits per heavy atom. The first-order chi connectivity index (χ1) is 30.6. The van der Waals surface area contributed by atoms with Crippen molar-refractivity contribution in [3.05, 3.63) is 218 Å². The molecule has 0 N–H and O–H groups in total. The molecule has 4 heteroatoms. The van der Waals surface area contributed by atoms with Crippen LogP contribution in [0, 0.1) is 6.92 Å². The van der Waals surface area contributed by atoms with Crippen LogP contribution >= 0.6 is 0 Å². The Balaban J connectivity index is 1.23. The third-order valence-electron chi connectivity index (χ3n) is 12.1. The average Bonchev–Trinajstić information content (AvgIpc) is 3.33. The second-order valence-electron chi connectivity index (χ2n) is 16.0. The van der Waals surface area contributed by atoms with Crippen LogP contribution in [0.25, 0.3) is 98.9 Å². The molecule has 0 amide bonds. The van der Waals surface area contributed by atoms with Gasteiger partial charge in [-0.05, 0) is 158 Å². The molecular formula is C58H40N4. The summed E-state index contributed by atoms with van der Waals surface area (Å²) >= 11 is 0. The summed E-state index contributed by atoms with van der Waals surface area (Å²) in [6, 6.07) is 63.3. The van der Waals surface area contributed by atoms with E-state index < -0.39 is 0 Å². The minimum absolute atomic E-state index is 0.982. The zero-order chi connectivity index (χ0) is 41.6. The number of hydrogen-bond donors (Lipinski definition) is 0. The molecule has 0 aliphatic carbocycles. The van der Waals surface area contributed by atoms with Crippen LogP contribution in [0.1, 0.15) is 18.1 Å². The van der Waals surface area contributed by atoms with Gasteiger partial charge in [0.15, 0.2) is 0 Å². The molecule has 0 atom stereocenters. The van der Waals surface area contributed by atoms with Gasteiger partial charge in [0.2, 0.25) is 0 Å². The lowest BCUT2D eigenvalue weighted by molar-refractivity contribution is 1.32. The van der Waals surface area contributed by atoms with Gasteiger partial charge in [-0.2, -0.15) is 0 Å². The highest BCUT2D eigenvalue weighted by atomic mass is 14.7. The van der Waals surface area contributed by atoms with Crippen molar-refractivity contribution in [2.75, 3.05) is 0 Å². The van der Waals surface area contributed by atoms with Gasteiger partial charge in [-0.25, -0.2) is 0 Å². The monoisotopic (exact) mass is 792 g/mol. The van der Waals surface area contributed by atoms with Crippen molar-refractivity contribution in [3.63, 3.8) is 0 Å². The number of aromatic nitrogens is 3. The molecule has 11 aromatic rings. The fraction of sp³-hybridized carbons (Fsp3) is 0.0345. The first kappa shape index (κ1) is 37.0. The van der Waals surface area contributed by atoms with E-state index in [9.17, 15) is 0 Å². The molecule has 0 spiro atoms. The molecule has 0 aliphatic heterocycles. The molecule has 0 unspecified atom stereocenters. The van der Waals surface area contributed by atoms with Gasteiger partial charge in [0.1, 0.15) is 0 Å². The normalized spacial score (nSPS) is 11.8. The molecular weight excluding hydrogens is 753 g/mol. The van der Waals surface area contributed by atoms with E-state index in [4.69, 9.17) is 9.98 Å². The Kier molecular flexibility index (Phi) is 9.24. The maximum atomic E-state index is 5.26. The predicted octanol–water partition coefficient (Wildman–Crippen LogP) is 15.3. The number of hydrogen-bond acceptors (Lipinski definition) is 4. The van der Waals surface area contributed by atoms with Crippen molar-refractivity contribution < 1.29 is 0 Å². The fourth-order valence-corrected chi connectivity index (χ4v) is 9.19. The smallest absolute Gasteiger partial charge is 0.0786 e. The summed E-state index contributed by atoms with van der Waals surface area (Å²) in [4.78, 5) is 19.2. The zero-order valence-electron chi connectivity index (χ0n) is 34.4. The highest BCUT2D eigenvalue weighted by Crippen LogP contribution is 2.45. The average molecular weight is 793 g/mol. The quantitative estimate of drug-likeness (QED) is 0.0917. The molecule has 0 radical (unpaired) electrons. The number of aliphatic imine (C=N–C) groups is 1. The summed E-state index contributed by atoms with van der Waals surface area (Å²) in [6.07, 6.45) is 9.42. The fourth-order valence-electron chi connectivity index (χ4n) is 9.19. The Hall–Kier alpha value is -8.08. The van der Waals surface area contributed by atoms with Gasteiger partial charge in [0, 0.05) is 64.2 Å². The van der Waals surface area contributed by atoms with Crippen molar-refractivity contribution in [2.24, 2.45) is 4.99 Å². The summed E-state index contributed by atoms with van der Waals surface area (Å²) in [5, 5.41) is 8.09. The van der Waals surface area contributed by atoms with Crippen LogP contribution in [-0.4, -0.2) is 20.7 Å². The zero-order valence-corrected chi connectivity index (χ0v) is 34.4. The lowest BCUT2D eigenvalue weighted by atomic mass is 9.84. The van der Waals surface area contributed by atoms with Gasteiger partial charge in [0.05, 0.1) is 11.2 Å².